The molecule has 1 atom stereocenters. The molecule has 4 rings (SSSR count). The summed E-state index contributed by atoms with van der Waals surface area (Å²) in [6, 6.07) is 15.8. The van der Waals surface area contributed by atoms with E-state index in [0.29, 0.717) is 0 Å². The Morgan fingerprint density at radius 1 is 1.24 bits per heavy atom. The minimum atomic E-state index is -0.986. The fraction of sp³-hybridized carbons (Fsp3) is 0.158. The van der Waals surface area contributed by atoms with Crippen LogP contribution in [0.25, 0.3) is 16.9 Å². The topological polar surface area (TPSA) is 55.1 Å². The Morgan fingerprint density at radius 3 is 2.68 bits per heavy atom. The first kappa shape index (κ1) is 16.4. The van der Waals surface area contributed by atoms with Gasteiger partial charge in [-0.1, -0.05) is 37.3 Å². The van der Waals surface area contributed by atoms with E-state index in [4.69, 9.17) is 0 Å². The normalized spacial score (nSPS) is 15.5. The third kappa shape index (κ3) is 2.60. The van der Waals surface area contributed by atoms with E-state index in [9.17, 15) is 9.90 Å². The number of carboxylic acid groups (broad SMARTS) is 1. The van der Waals surface area contributed by atoms with Crippen molar-refractivity contribution in [2.45, 2.75) is 23.5 Å². The summed E-state index contributed by atoms with van der Waals surface area (Å²) in [4.78, 5) is 13.0. The van der Waals surface area contributed by atoms with Gasteiger partial charge < -0.3 is 5.11 Å². The Labute approximate surface area is 158 Å². The van der Waals surface area contributed by atoms with Crippen LogP contribution in [0.4, 0.5) is 0 Å². The number of fused-ring (bicyclic) bond motifs is 3. The second-order valence-corrected chi connectivity index (χ2v) is 7.89. The third-order valence-corrected chi connectivity index (χ3v) is 6.44. The molecule has 4 nitrogen and oxygen atoms in total. The highest BCUT2D eigenvalue weighted by Gasteiger charge is 2.34. The maximum Gasteiger partial charge on any atom is 0.356 e. The van der Waals surface area contributed by atoms with Gasteiger partial charge >= 0.3 is 5.97 Å². The van der Waals surface area contributed by atoms with Gasteiger partial charge in [0.2, 0.25) is 0 Å². The van der Waals surface area contributed by atoms with E-state index in [2.05, 4.69) is 34.0 Å². The van der Waals surface area contributed by atoms with Crippen LogP contribution in [0.1, 0.15) is 34.6 Å². The Kier molecular flexibility index (Phi) is 4.17. The Balaban J connectivity index is 2.09. The van der Waals surface area contributed by atoms with Crippen molar-refractivity contribution in [3.63, 3.8) is 0 Å². The first-order valence-corrected chi connectivity index (χ1v) is 9.66. The largest absolute Gasteiger partial charge is 0.476 e. The Bertz CT molecular complexity index is 983. The molecule has 0 amide bonds. The number of halogens is 1. The van der Waals surface area contributed by atoms with Gasteiger partial charge in [0.25, 0.3) is 0 Å². The van der Waals surface area contributed by atoms with E-state index in [1.807, 2.05) is 42.5 Å². The number of nitrogens with zero attached hydrogens (tertiary/aromatic N) is 2. The summed E-state index contributed by atoms with van der Waals surface area (Å²) < 4.78 is 2.64. The number of aromatic carboxylic acids is 1. The van der Waals surface area contributed by atoms with E-state index in [0.717, 1.165) is 38.3 Å². The number of thioether (sulfide) groups is 1. The first-order valence-electron chi connectivity index (χ1n) is 7.99. The summed E-state index contributed by atoms with van der Waals surface area (Å²) in [5.41, 5.74) is 3.70. The molecule has 0 saturated heterocycles. The van der Waals surface area contributed by atoms with Gasteiger partial charge in [0.1, 0.15) is 0 Å². The molecule has 0 radical (unpaired) electrons. The second kappa shape index (κ2) is 6.35. The summed E-state index contributed by atoms with van der Waals surface area (Å²) in [5.74, 6) is -0.986. The van der Waals surface area contributed by atoms with Crippen LogP contribution >= 0.6 is 27.7 Å². The summed E-state index contributed by atoms with van der Waals surface area (Å²) in [6.07, 6.45) is 0.841. The summed E-state index contributed by atoms with van der Waals surface area (Å²) in [7, 11) is 0. The number of carbonyl (C=O) groups is 1. The fourth-order valence-electron chi connectivity index (χ4n) is 3.21. The average Bonchev–Trinajstić information content (AvgIpc) is 3.02. The third-order valence-electron chi connectivity index (χ3n) is 4.31. The number of hydrogen-bond donors (Lipinski definition) is 1. The molecule has 0 saturated carbocycles. The van der Waals surface area contributed by atoms with Gasteiger partial charge in [0, 0.05) is 25.7 Å². The molecule has 1 aliphatic heterocycles. The summed E-state index contributed by atoms with van der Waals surface area (Å²) in [6.45, 7) is 2.08. The van der Waals surface area contributed by atoms with Crippen molar-refractivity contribution in [1.29, 1.82) is 0 Å². The van der Waals surface area contributed by atoms with Crippen molar-refractivity contribution in [2.75, 3.05) is 0 Å². The predicted molar refractivity (Wildman–Crippen MR) is 103 cm³/mol. The van der Waals surface area contributed by atoms with Crippen LogP contribution < -0.4 is 0 Å². The van der Waals surface area contributed by atoms with Crippen molar-refractivity contribution in [1.82, 2.24) is 9.78 Å². The zero-order valence-electron chi connectivity index (χ0n) is 13.4. The second-order valence-electron chi connectivity index (χ2n) is 5.79. The molecule has 25 heavy (non-hydrogen) atoms. The highest BCUT2D eigenvalue weighted by Crippen LogP contribution is 2.52. The molecule has 1 unspecified atom stereocenters. The van der Waals surface area contributed by atoms with Crippen LogP contribution in [0, 0.1) is 0 Å². The van der Waals surface area contributed by atoms with Gasteiger partial charge in [-0.2, -0.15) is 5.10 Å². The van der Waals surface area contributed by atoms with Crippen molar-refractivity contribution in [2.24, 2.45) is 0 Å². The van der Waals surface area contributed by atoms with Crippen molar-refractivity contribution < 1.29 is 9.90 Å². The van der Waals surface area contributed by atoms with Gasteiger partial charge in [-0.25, -0.2) is 9.48 Å². The van der Waals surface area contributed by atoms with E-state index in [1.54, 1.807) is 16.4 Å². The molecule has 2 heterocycles. The van der Waals surface area contributed by atoms with E-state index in [1.165, 1.54) is 0 Å². The van der Waals surface area contributed by atoms with Gasteiger partial charge in [-0.3, -0.25) is 0 Å². The van der Waals surface area contributed by atoms with Crippen LogP contribution in [0.3, 0.4) is 0 Å². The zero-order chi connectivity index (χ0) is 17.6. The molecule has 1 aliphatic rings. The molecular weight excluding hydrogens is 400 g/mol. The van der Waals surface area contributed by atoms with Crippen LogP contribution in [0.15, 0.2) is 57.9 Å². The van der Waals surface area contributed by atoms with Crippen LogP contribution in [-0.4, -0.2) is 20.9 Å². The lowest BCUT2D eigenvalue weighted by molar-refractivity contribution is 0.0688. The number of para-hydroxylation sites is 1. The molecular formula is C19H15BrN2O2S. The van der Waals surface area contributed by atoms with Crippen LogP contribution in [0.5, 0.6) is 0 Å². The summed E-state index contributed by atoms with van der Waals surface area (Å²) in [5, 5.41) is 14.3. The highest BCUT2D eigenvalue weighted by molar-refractivity contribution is 9.10. The number of benzene rings is 2. The molecule has 0 bridgehead atoms. The summed E-state index contributed by atoms with van der Waals surface area (Å²) >= 11 is 5.28. The molecule has 3 aromatic rings. The lowest BCUT2D eigenvalue weighted by Gasteiger charge is -2.25. The van der Waals surface area contributed by atoms with Gasteiger partial charge in [-0.05, 0) is 40.5 Å². The van der Waals surface area contributed by atoms with E-state index in [-0.39, 0.29) is 10.9 Å². The van der Waals surface area contributed by atoms with E-state index < -0.39 is 5.97 Å². The molecule has 1 aromatic heterocycles. The standard InChI is InChI=1S/C19H15BrN2O2S/c1-2-14-16-17(19(23)24)21-22(13-9-5-4-8-12(13)20)18(16)11-7-3-6-10-15(11)25-14/h3-10,14H,2H2,1H3,(H,23,24). The quantitative estimate of drug-likeness (QED) is 0.609. The average molecular weight is 415 g/mol. The van der Waals surface area contributed by atoms with Crippen LogP contribution in [-0.2, 0) is 0 Å². The lowest BCUT2D eigenvalue weighted by atomic mass is 10.00. The zero-order valence-corrected chi connectivity index (χ0v) is 15.8. The SMILES string of the molecule is CCC1Sc2ccccc2-c2c1c(C(=O)O)nn2-c1ccccc1Br. The molecule has 0 aliphatic carbocycles. The molecule has 2 aromatic carbocycles. The lowest BCUT2D eigenvalue weighted by Crippen LogP contribution is -2.08. The molecule has 6 heteroatoms. The highest BCUT2D eigenvalue weighted by atomic mass is 79.9. The van der Waals surface area contributed by atoms with Crippen molar-refractivity contribution in [3.05, 3.63) is 64.3 Å². The van der Waals surface area contributed by atoms with Gasteiger partial charge in [0.05, 0.1) is 11.4 Å². The monoisotopic (exact) mass is 414 g/mol. The Morgan fingerprint density at radius 2 is 1.96 bits per heavy atom. The molecule has 126 valence electrons. The van der Waals surface area contributed by atoms with Crippen molar-refractivity contribution in [3.8, 4) is 16.9 Å². The maximum atomic E-state index is 11.9. The first-order chi connectivity index (χ1) is 12.1. The van der Waals surface area contributed by atoms with Gasteiger partial charge in [-0.15, -0.1) is 11.8 Å². The number of carboxylic acids is 1. The fourth-order valence-corrected chi connectivity index (χ4v) is 4.93. The number of rotatable bonds is 3. The minimum Gasteiger partial charge on any atom is -0.476 e. The Hall–Kier alpha value is -2.05. The smallest absolute Gasteiger partial charge is 0.356 e. The predicted octanol–water partition coefficient (Wildman–Crippen LogP) is 5.56. The minimum absolute atomic E-state index is 0.0761. The van der Waals surface area contributed by atoms with E-state index >= 15 is 0 Å². The number of hydrogen-bond acceptors (Lipinski definition) is 3. The maximum absolute atomic E-state index is 11.9. The van der Waals surface area contributed by atoms with Gasteiger partial charge in [0.15, 0.2) is 5.69 Å². The van der Waals surface area contributed by atoms with Crippen LogP contribution in [0.2, 0.25) is 0 Å². The number of aromatic nitrogens is 2. The molecule has 0 spiro atoms. The molecule has 1 N–H and O–H groups in total. The molecule has 0 fully saturated rings. The van der Waals surface area contributed by atoms with Crippen molar-refractivity contribution >= 4 is 33.7 Å².